The van der Waals surface area contributed by atoms with E-state index in [1.807, 2.05) is 11.8 Å². The molecule has 0 bridgehead atoms. The van der Waals surface area contributed by atoms with E-state index in [-0.39, 0.29) is 5.91 Å². The lowest BCUT2D eigenvalue weighted by Gasteiger charge is -2.31. The smallest absolute Gasteiger partial charge is 0.274 e. The minimum absolute atomic E-state index is 0.0225. The van der Waals surface area contributed by atoms with Crippen molar-refractivity contribution in [2.75, 3.05) is 13.1 Å². The topological polar surface area (TPSA) is 79.7 Å². The van der Waals surface area contributed by atoms with Crippen LogP contribution in [-0.4, -0.2) is 48.9 Å². The molecule has 0 aromatic carbocycles. The molecule has 7 heteroatoms. The van der Waals surface area contributed by atoms with Gasteiger partial charge in [0.15, 0.2) is 0 Å². The number of amides is 1. The van der Waals surface area contributed by atoms with Gasteiger partial charge in [-0.1, -0.05) is 0 Å². The molecule has 1 N–H and O–H groups in total. The van der Waals surface area contributed by atoms with Gasteiger partial charge in [0.05, 0.1) is 0 Å². The van der Waals surface area contributed by atoms with Crippen molar-refractivity contribution in [3.63, 3.8) is 0 Å². The van der Waals surface area contributed by atoms with Gasteiger partial charge in [-0.15, -0.1) is 10.2 Å². The lowest BCUT2D eigenvalue weighted by molar-refractivity contribution is 0.0704. The summed E-state index contributed by atoms with van der Waals surface area (Å²) in [6, 6.07) is 1.81. The third-order valence-corrected chi connectivity index (χ3v) is 4.71. The SMILES string of the molecule is Cc1cc(C(=O)N2CCC(c3nnc4n3CCC4)CC2)n[nH]1. The lowest BCUT2D eigenvalue weighted by Crippen LogP contribution is -2.38. The van der Waals surface area contributed by atoms with Crippen molar-refractivity contribution in [2.45, 2.75) is 45.1 Å². The summed E-state index contributed by atoms with van der Waals surface area (Å²) in [5.41, 5.74) is 1.43. The fourth-order valence-electron chi connectivity index (χ4n) is 3.51. The average molecular weight is 300 g/mol. The van der Waals surface area contributed by atoms with Gasteiger partial charge in [0.2, 0.25) is 0 Å². The maximum absolute atomic E-state index is 12.4. The number of nitrogens with one attached hydrogen (secondary N) is 1. The van der Waals surface area contributed by atoms with E-state index in [4.69, 9.17) is 0 Å². The number of piperidine rings is 1. The lowest BCUT2D eigenvalue weighted by atomic mass is 9.95. The summed E-state index contributed by atoms with van der Waals surface area (Å²) in [6.45, 7) is 4.47. The Morgan fingerprint density at radius 2 is 2.09 bits per heavy atom. The van der Waals surface area contributed by atoms with Crippen molar-refractivity contribution in [3.8, 4) is 0 Å². The minimum atomic E-state index is 0.0225. The van der Waals surface area contributed by atoms with Gasteiger partial charge < -0.3 is 9.47 Å². The Balaban J connectivity index is 1.43. The molecule has 2 aliphatic heterocycles. The number of nitrogens with zero attached hydrogens (tertiary/aromatic N) is 5. The Labute approximate surface area is 128 Å². The summed E-state index contributed by atoms with van der Waals surface area (Å²) in [5, 5.41) is 15.6. The van der Waals surface area contributed by atoms with E-state index in [0.717, 1.165) is 56.2 Å². The number of hydrogen-bond acceptors (Lipinski definition) is 4. The molecule has 1 saturated heterocycles. The summed E-state index contributed by atoms with van der Waals surface area (Å²) >= 11 is 0. The van der Waals surface area contributed by atoms with Crippen molar-refractivity contribution in [1.82, 2.24) is 29.9 Å². The van der Waals surface area contributed by atoms with Gasteiger partial charge in [-0.25, -0.2) is 0 Å². The molecule has 1 amide bonds. The van der Waals surface area contributed by atoms with Crippen LogP contribution in [-0.2, 0) is 13.0 Å². The Morgan fingerprint density at radius 1 is 1.27 bits per heavy atom. The second-order valence-electron chi connectivity index (χ2n) is 6.23. The van der Waals surface area contributed by atoms with Crippen molar-refractivity contribution >= 4 is 5.91 Å². The number of fused-ring (bicyclic) bond motifs is 1. The van der Waals surface area contributed by atoms with Crippen LogP contribution in [0.5, 0.6) is 0 Å². The first-order valence-corrected chi connectivity index (χ1v) is 7.95. The van der Waals surface area contributed by atoms with Crippen LogP contribution >= 0.6 is 0 Å². The summed E-state index contributed by atoms with van der Waals surface area (Å²) < 4.78 is 2.28. The molecule has 0 saturated carbocycles. The highest BCUT2D eigenvalue weighted by atomic mass is 16.2. The van der Waals surface area contributed by atoms with Crippen LogP contribution < -0.4 is 0 Å². The number of H-pyrrole nitrogens is 1. The number of hydrogen-bond donors (Lipinski definition) is 1. The summed E-state index contributed by atoms with van der Waals surface area (Å²) in [6.07, 6.45) is 4.12. The quantitative estimate of drug-likeness (QED) is 0.906. The molecule has 4 rings (SSSR count). The first-order valence-electron chi connectivity index (χ1n) is 7.95. The van der Waals surface area contributed by atoms with Gasteiger partial charge in [0, 0.05) is 37.7 Å². The van der Waals surface area contributed by atoms with E-state index in [0.29, 0.717) is 11.6 Å². The van der Waals surface area contributed by atoms with E-state index < -0.39 is 0 Å². The highest BCUT2D eigenvalue weighted by molar-refractivity contribution is 5.92. The molecule has 22 heavy (non-hydrogen) atoms. The van der Waals surface area contributed by atoms with Crippen LogP contribution in [0.3, 0.4) is 0 Å². The molecule has 2 aromatic heterocycles. The van der Waals surface area contributed by atoms with Crippen LogP contribution in [0.25, 0.3) is 0 Å². The van der Waals surface area contributed by atoms with E-state index in [2.05, 4.69) is 25.0 Å². The molecule has 2 aliphatic rings. The molecule has 1 fully saturated rings. The summed E-state index contributed by atoms with van der Waals surface area (Å²) in [7, 11) is 0. The Bertz CT molecular complexity index is 695. The largest absolute Gasteiger partial charge is 0.337 e. The van der Waals surface area contributed by atoms with Gasteiger partial charge >= 0.3 is 0 Å². The maximum Gasteiger partial charge on any atom is 0.274 e. The van der Waals surface area contributed by atoms with E-state index in [1.165, 1.54) is 6.42 Å². The van der Waals surface area contributed by atoms with Crippen molar-refractivity contribution in [2.24, 2.45) is 0 Å². The normalized spacial score (nSPS) is 18.7. The third-order valence-electron chi connectivity index (χ3n) is 4.71. The van der Waals surface area contributed by atoms with Gasteiger partial charge in [0.25, 0.3) is 5.91 Å². The molecule has 0 atom stereocenters. The number of aromatic nitrogens is 5. The molecule has 7 nitrogen and oxygen atoms in total. The van der Waals surface area contributed by atoms with Crippen LogP contribution in [0.15, 0.2) is 6.07 Å². The standard InChI is InChI=1S/C15H20N6O/c1-10-9-12(17-16-10)15(22)20-7-4-11(5-8-20)14-19-18-13-3-2-6-21(13)14/h9,11H,2-8H2,1H3,(H,16,17). The zero-order valence-electron chi connectivity index (χ0n) is 12.7. The first-order chi connectivity index (χ1) is 10.7. The zero-order valence-corrected chi connectivity index (χ0v) is 12.7. The average Bonchev–Trinajstić information content (AvgIpc) is 3.23. The van der Waals surface area contributed by atoms with Crippen molar-refractivity contribution in [3.05, 3.63) is 29.1 Å². The number of aryl methyl sites for hydroxylation is 2. The molecular weight excluding hydrogens is 280 g/mol. The monoisotopic (exact) mass is 300 g/mol. The predicted octanol–water partition coefficient (Wildman–Crippen LogP) is 1.28. The second kappa shape index (κ2) is 5.23. The highest BCUT2D eigenvalue weighted by Gasteiger charge is 2.30. The summed E-state index contributed by atoms with van der Waals surface area (Å²) in [5.74, 6) is 2.69. The van der Waals surface area contributed by atoms with E-state index in [1.54, 1.807) is 6.07 Å². The van der Waals surface area contributed by atoms with Crippen LogP contribution in [0.2, 0.25) is 0 Å². The number of carbonyl (C=O) groups excluding carboxylic acids is 1. The van der Waals surface area contributed by atoms with Gasteiger partial charge in [-0.3, -0.25) is 9.89 Å². The van der Waals surface area contributed by atoms with Crippen LogP contribution in [0.1, 0.15) is 53.0 Å². The van der Waals surface area contributed by atoms with E-state index in [9.17, 15) is 4.79 Å². The van der Waals surface area contributed by atoms with Crippen LogP contribution in [0.4, 0.5) is 0 Å². The van der Waals surface area contributed by atoms with Crippen LogP contribution in [0, 0.1) is 6.92 Å². The fraction of sp³-hybridized carbons (Fsp3) is 0.600. The number of rotatable bonds is 2. The second-order valence-corrected chi connectivity index (χ2v) is 6.23. The number of carbonyl (C=O) groups is 1. The van der Waals surface area contributed by atoms with Gasteiger partial charge in [0.1, 0.15) is 17.3 Å². The molecule has 0 radical (unpaired) electrons. The molecule has 116 valence electrons. The van der Waals surface area contributed by atoms with Gasteiger partial charge in [-0.2, -0.15) is 5.10 Å². The number of likely N-dealkylation sites (tertiary alicyclic amines) is 1. The minimum Gasteiger partial charge on any atom is -0.337 e. The van der Waals surface area contributed by atoms with Crippen molar-refractivity contribution in [1.29, 1.82) is 0 Å². The van der Waals surface area contributed by atoms with Crippen molar-refractivity contribution < 1.29 is 4.79 Å². The van der Waals surface area contributed by atoms with E-state index >= 15 is 0 Å². The Kier molecular flexibility index (Phi) is 3.20. The Hall–Kier alpha value is -2.18. The highest BCUT2D eigenvalue weighted by Crippen LogP contribution is 2.29. The molecule has 0 unspecified atom stereocenters. The third kappa shape index (κ3) is 2.20. The summed E-state index contributed by atoms with van der Waals surface area (Å²) in [4.78, 5) is 14.3. The maximum atomic E-state index is 12.4. The molecular formula is C15H20N6O. The fourth-order valence-corrected chi connectivity index (χ4v) is 3.51. The molecule has 0 spiro atoms. The predicted molar refractivity (Wildman–Crippen MR) is 79.5 cm³/mol. The molecule has 4 heterocycles. The molecule has 2 aromatic rings. The van der Waals surface area contributed by atoms with Gasteiger partial charge in [-0.05, 0) is 32.3 Å². The molecule has 0 aliphatic carbocycles. The zero-order chi connectivity index (χ0) is 15.1. The Morgan fingerprint density at radius 3 is 2.82 bits per heavy atom. The first kappa shape index (κ1) is 13.5. The number of aromatic amines is 1.